The molecule has 1 unspecified atom stereocenters. The van der Waals surface area contributed by atoms with E-state index in [2.05, 4.69) is 15.9 Å². The first-order valence-electron chi connectivity index (χ1n) is 5.81. The fourth-order valence-electron chi connectivity index (χ4n) is 2.14. The van der Waals surface area contributed by atoms with Crippen LogP contribution < -0.4 is 4.74 Å². The largest absolute Gasteiger partial charge is 0.490 e. The van der Waals surface area contributed by atoms with Gasteiger partial charge in [0, 0.05) is 10.0 Å². The van der Waals surface area contributed by atoms with Gasteiger partial charge in [0.2, 0.25) is 0 Å². The van der Waals surface area contributed by atoms with Crippen LogP contribution in [0.25, 0.3) is 0 Å². The van der Waals surface area contributed by atoms with E-state index in [9.17, 15) is 5.11 Å². The van der Waals surface area contributed by atoms with Crippen LogP contribution in [0.4, 0.5) is 0 Å². The maximum Gasteiger partial charge on any atom is 0.125 e. The molecule has 1 aliphatic carbocycles. The summed E-state index contributed by atoms with van der Waals surface area (Å²) in [5, 5.41) is 9.70. The molecule has 1 fully saturated rings. The van der Waals surface area contributed by atoms with Gasteiger partial charge in [-0.3, -0.25) is 0 Å². The standard InChI is InChI=1S/C13H17BrO2/c1-9(15)12-8-10(14)6-7-13(12)16-11-4-2-3-5-11/h6-9,11,15H,2-5H2,1H3. The zero-order chi connectivity index (χ0) is 11.5. The third-order valence-electron chi connectivity index (χ3n) is 3.02. The molecule has 0 spiro atoms. The lowest BCUT2D eigenvalue weighted by molar-refractivity contribution is 0.174. The second-order valence-corrected chi connectivity index (χ2v) is 5.30. The highest BCUT2D eigenvalue weighted by molar-refractivity contribution is 9.10. The van der Waals surface area contributed by atoms with Crippen LogP contribution in [0.2, 0.25) is 0 Å². The van der Waals surface area contributed by atoms with Crippen molar-refractivity contribution in [2.24, 2.45) is 0 Å². The highest BCUT2D eigenvalue weighted by atomic mass is 79.9. The Hall–Kier alpha value is -0.540. The SMILES string of the molecule is CC(O)c1cc(Br)ccc1OC1CCCC1. The lowest BCUT2D eigenvalue weighted by Gasteiger charge is -2.18. The van der Waals surface area contributed by atoms with E-state index < -0.39 is 6.10 Å². The maximum atomic E-state index is 9.70. The molecular formula is C13H17BrO2. The second-order valence-electron chi connectivity index (χ2n) is 4.38. The van der Waals surface area contributed by atoms with Crippen molar-refractivity contribution in [1.82, 2.24) is 0 Å². The Morgan fingerprint density at radius 2 is 2.06 bits per heavy atom. The molecule has 3 heteroatoms. The molecule has 0 bridgehead atoms. The Bertz CT molecular complexity index is 357. The molecule has 0 aliphatic heterocycles. The smallest absolute Gasteiger partial charge is 0.125 e. The Labute approximate surface area is 105 Å². The third kappa shape index (κ3) is 2.77. The van der Waals surface area contributed by atoms with E-state index in [1.165, 1.54) is 12.8 Å². The second kappa shape index (κ2) is 5.19. The van der Waals surface area contributed by atoms with E-state index in [1.54, 1.807) is 6.92 Å². The number of benzene rings is 1. The minimum absolute atomic E-state index is 0.332. The van der Waals surface area contributed by atoms with Gasteiger partial charge in [0.1, 0.15) is 5.75 Å². The lowest BCUT2D eigenvalue weighted by Crippen LogP contribution is -2.12. The number of rotatable bonds is 3. The van der Waals surface area contributed by atoms with Gasteiger partial charge in [0.15, 0.2) is 0 Å². The van der Waals surface area contributed by atoms with Gasteiger partial charge >= 0.3 is 0 Å². The van der Waals surface area contributed by atoms with Crippen LogP contribution in [0.15, 0.2) is 22.7 Å². The zero-order valence-corrected chi connectivity index (χ0v) is 11.0. The summed E-state index contributed by atoms with van der Waals surface area (Å²) < 4.78 is 6.92. The quantitative estimate of drug-likeness (QED) is 0.914. The van der Waals surface area contributed by atoms with Gasteiger partial charge in [-0.25, -0.2) is 0 Å². The molecule has 1 aromatic rings. The third-order valence-corrected chi connectivity index (χ3v) is 3.51. The fourth-order valence-corrected chi connectivity index (χ4v) is 2.52. The molecule has 0 amide bonds. The van der Waals surface area contributed by atoms with E-state index in [-0.39, 0.29) is 0 Å². The molecule has 2 rings (SSSR count). The predicted molar refractivity (Wildman–Crippen MR) is 67.7 cm³/mol. The van der Waals surface area contributed by atoms with Crippen LogP contribution in [-0.2, 0) is 0 Å². The van der Waals surface area contributed by atoms with Crippen molar-refractivity contribution in [2.45, 2.75) is 44.8 Å². The molecule has 2 nitrogen and oxygen atoms in total. The molecule has 88 valence electrons. The van der Waals surface area contributed by atoms with Crippen molar-refractivity contribution in [3.05, 3.63) is 28.2 Å². The highest BCUT2D eigenvalue weighted by Crippen LogP contribution is 2.31. The first-order valence-corrected chi connectivity index (χ1v) is 6.60. The average molecular weight is 285 g/mol. The Kier molecular flexibility index (Phi) is 3.87. The molecule has 1 aliphatic rings. The minimum Gasteiger partial charge on any atom is -0.490 e. The van der Waals surface area contributed by atoms with Crippen molar-refractivity contribution in [3.63, 3.8) is 0 Å². The monoisotopic (exact) mass is 284 g/mol. The van der Waals surface area contributed by atoms with E-state index in [0.29, 0.717) is 6.10 Å². The van der Waals surface area contributed by atoms with Crippen LogP contribution in [-0.4, -0.2) is 11.2 Å². The normalized spacial score (nSPS) is 18.7. The van der Waals surface area contributed by atoms with Gasteiger partial charge in [0.25, 0.3) is 0 Å². The van der Waals surface area contributed by atoms with E-state index in [4.69, 9.17) is 4.74 Å². The van der Waals surface area contributed by atoms with Crippen molar-refractivity contribution in [3.8, 4) is 5.75 Å². The highest BCUT2D eigenvalue weighted by Gasteiger charge is 2.19. The first kappa shape index (κ1) is 11.9. The number of hydrogen-bond acceptors (Lipinski definition) is 2. The molecule has 1 aromatic carbocycles. The summed E-state index contributed by atoms with van der Waals surface area (Å²) in [6.45, 7) is 1.77. The van der Waals surface area contributed by atoms with Gasteiger partial charge in [-0.15, -0.1) is 0 Å². The summed E-state index contributed by atoms with van der Waals surface area (Å²) in [4.78, 5) is 0. The molecule has 1 saturated carbocycles. The molecule has 0 saturated heterocycles. The lowest BCUT2D eigenvalue weighted by atomic mass is 10.1. The van der Waals surface area contributed by atoms with Crippen LogP contribution in [0, 0.1) is 0 Å². The van der Waals surface area contributed by atoms with Gasteiger partial charge in [-0.1, -0.05) is 15.9 Å². The molecule has 0 radical (unpaired) electrons. The van der Waals surface area contributed by atoms with Crippen LogP contribution in [0.3, 0.4) is 0 Å². The van der Waals surface area contributed by atoms with Gasteiger partial charge < -0.3 is 9.84 Å². The Morgan fingerprint density at radius 1 is 1.38 bits per heavy atom. The number of aliphatic hydroxyl groups is 1. The average Bonchev–Trinajstić information content (AvgIpc) is 2.73. The molecule has 0 aromatic heterocycles. The van der Waals surface area contributed by atoms with Gasteiger partial charge in [0.05, 0.1) is 12.2 Å². The molecular weight excluding hydrogens is 268 g/mol. The van der Waals surface area contributed by atoms with Crippen molar-refractivity contribution >= 4 is 15.9 Å². The Balaban J connectivity index is 2.18. The van der Waals surface area contributed by atoms with Crippen LogP contribution in [0.5, 0.6) is 5.75 Å². The van der Waals surface area contributed by atoms with Gasteiger partial charge in [-0.05, 0) is 50.8 Å². The van der Waals surface area contributed by atoms with Crippen LogP contribution in [0.1, 0.15) is 44.3 Å². The molecule has 1 atom stereocenters. The zero-order valence-electron chi connectivity index (χ0n) is 9.45. The van der Waals surface area contributed by atoms with E-state index in [0.717, 1.165) is 28.6 Å². The van der Waals surface area contributed by atoms with Gasteiger partial charge in [-0.2, -0.15) is 0 Å². The number of halogens is 1. The number of ether oxygens (including phenoxy) is 1. The number of hydrogen-bond donors (Lipinski definition) is 1. The summed E-state index contributed by atoms with van der Waals surface area (Å²) in [6.07, 6.45) is 4.62. The summed E-state index contributed by atoms with van der Waals surface area (Å²) in [6, 6.07) is 5.82. The van der Waals surface area contributed by atoms with Crippen LogP contribution >= 0.6 is 15.9 Å². The molecule has 16 heavy (non-hydrogen) atoms. The number of aliphatic hydroxyl groups excluding tert-OH is 1. The van der Waals surface area contributed by atoms with Crippen molar-refractivity contribution < 1.29 is 9.84 Å². The molecule has 0 heterocycles. The minimum atomic E-state index is -0.492. The topological polar surface area (TPSA) is 29.5 Å². The summed E-state index contributed by atoms with van der Waals surface area (Å²) in [5.74, 6) is 0.824. The first-order chi connectivity index (χ1) is 7.66. The summed E-state index contributed by atoms with van der Waals surface area (Å²) in [7, 11) is 0. The predicted octanol–water partition coefficient (Wildman–Crippen LogP) is 3.82. The van der Waals surface area contributed by atoms with Crippen molar-refractivity contribution in [1.29, 1.82) is 0 Å². The molecule has 1 N–H and O–H groups in total. The summed E-state index contributed by atoms with van der Waals surface area (Å²) in [5.41, 5.74) is 0.862. The fraction of sp³-hybridized carbons (Fsp3) is 0.538. The van der Waals surface area contributed by atoms with E-state index in [1.807, 2.05) is 18.2 Å². The van der Waals surface area contributed by atoms with E-state index >= 15 is 0 Å². The van der Waals surface area contributed by atoms with Crippen molar-refractivity contribution in [2.75, 3.05) is 0 Å². The summed E-state index contributed by atoms with van der Waals surface area (Å²) >= 11 is 3.41. The Morgan fingerprint density at radius 3 is 2.69 bits per heavy atom. The maximum absolute atomic E-state index is 9.70.